The fourth-order valence-electron chi connectivity index (χ4n) is 2.01. The molecule has 0 heterocycles. The fourth-order valence-corrected chi connectivity index (χ4v) is 2.01. The average Bonchev–Trinajstić information content (AvgIpc) is 2.38. The summed E-state index contributed by atoms with van der Waals surface area (Å²) in [6.45, 7) is 2.19. The molecule has 1 aromatic rings. The Balaban J connectivity index is -0.00000147. The summed E-state index contributed by atoms with van der Waals surface area (Å²) in [5, 5.41) is 32.6. The van der Waals surface area contributed by atoms with Gasteiger partial charge in [-0.3, -0.25) is 0 Å². The van der Waals surface area contributed by atoms with Gasteiger partial charge in [-0.15, -0.1) is 0 Å². The summed E-state index contributed by atoms with van der Waals surface area (Å²) in [6.07, 6.45) is -0.777. The van der Waals surface area contributed by atoms with Crippen LogP contribution in [-0.4, -0.2) is 24.5 Å². The van der Waals surface area contributed by atoms with Gasteiger partial charge in [-0.2, -0.15) is 0 Å². The van der Waals surface area contributed by atoms with Crippen LogP contribution in [0.5, 0.6) is 5.75 Å². The molecule has 114 valence electrons. The molecule has 1 unspecified atom stereocenters. The van der Waals surface area contributed by atoms with Gasteiger partial charge in [0.05, 0.1) is 18.5 Å². The van der Waals surface area contributed by atoms with Crippen LogP contribution in [0.3, 0.4) is 0 Å². The molecule has 0 radical (unpaired) electrons. The van der Waals surface area contributed by atoms with Gasteiger partial charge in [0, 0.05) is 17.8 Å². The van der Waals surface area contributed by atoms with Crippen molar-refractivity contribution >= 4 is 17.9 Å². The molecule has 24 heavy (non-hydrogen) atoms. The zero-order valence-electron chi connectivity index (χ0n) is 14.2. The van der Waals surface area contributed by atoms with E-state index < -0.39 is 36.2 Å². The SMILES string of the molecule is CCOc1ccc(C(CC(=O)[O-])C(C(=O)[O-])C(=O)[O-])cc1.[Na+].[Na+].[Na+]. The first kappa shape index (κ1) is 29.2. The van der Waals surface area contributed by atoms with Crippen molar-refractivity contribution in [2.45, 2.75) is 19.3 Å². The van der Waals surface area contributed by atoms with E-state index >= 15 is 0 Å². The number of carbonyl (C=O) groups is 3. The summed E-state index contributed by atoms with van der Waals surface area (Å²) in [7, 11) is 0. The zero-order valence-corrected chi connectivity index (χ0v) is 20.2. The molecule has 1 rings (SSSR count). The Morgan fingerprint density at radius 1 is 0.958 bits per heavy atom. The van der Waals surface area contributed by atoms with E-state index in [1.165, 1.54) is 24.3 Å². The number of hydrogen-bond donors (Lipinski definition) is 0. The maximum atomic E-state index is 10.9. The van der Waals surface area contributed by atoms with Crippen LogP contribution in [0, 0.1) is 5.92 Å². The summed E-state index contributed by atoms with van der Waals surface area (Å²) in [5.41, 5.74) is 0.209. The molecule has 0 aromatic heterocycles. The average molecular weight is 362 g/mol. The van der Waals surface area contributed by atoms with Gasteiger partial charge in [-0.05, 0) is 31.0 Å². The minimum atomic E-state index is -2.08. The molecule has 0 saturated carbocycles. The first-order chi connectivity index (χ1) is 9.86. The van der Waals surface area contributed by atoms with Crippen LogP contribution in [-0.2, 0) is 14.4 Å². The smallest absolute Gasteiger partial charge is 0.550 e. The second-order valence-corrected chi connectivity index (χ2v) is 4.30. The Morgan fingerprint density at radius 3 is 1.75 bits per heavy atom. The molecule has 0 aliphatic heterocycles. The molecular formula is C14H13Na3O7. The Bertz CT molecular complexity index is 520. The number of hydrogen-bond acceptors (Lipinski definition) is 7. The number of benzene rings is 1. The van der Waals surface area contributed by atoms with Crippen LogP contribution in [0.25, 0.3) is 0 Å². The van der Waals surface area contributed by atoms with Crippen molar-refractivity contribution in [3.05, 3.63) is 29.8 Å². The van der Waals surface area contributed by atoms with Crippen LogP contribution in [0.15, 0.2) is 24.3 Å². The molecule has 0 spiro atoms. The quantitative estimate of drug-likeness (QED) is 0.332. The number of ether oxygens (including phenoxy) is 1. The second kappa shape index (κ2) is 14.6. The van der Waals surface area contributed by atoms with Gasteiger partial charge >= 0.3 is 88.7 Å². The van der Waals surface area contributed by atoms with Gasteiger partial charge in [0.1, 0.15) is 5.75 Å². The summed E-state index contributed by atoms with van der Waals surface area (Å²) < 4.78 is 5.19. The van der Waals surface area contributed by atoms with Crippen molar-refractivity contribution in [3.63, 3.8) is 0 Å². The maximum Gasteiger partial charge on any atom is 1.00 e. The van der Waals surface area contributed by atoms with Crippen molar-refractivity contribution in [1.29, 1.82) is 0 Å². The normalized spacial score (nSPS) is 10.4. The standard InChI is InChI=1S/C14H16O7.3Na/c1-2-21-9-5-3-8(4-6-9)10(7-11(15)16)12(13(17)18)14(19)20;;;/h3-6,10,12H,2,7H2,1H3,(H,15,16)(H,17,18)(H,19,20);;;/q;3*+1/p-3. The predicted molar refractivity (Wildman–Crippen MR) is 63.5 cm³/mol. The van der Waals surface area contributed by atoms with Gasteiger partial charge in [0.15, 0.2) is 0 Å². The van der Waals surface area contributed by atoms with Crippen molar-refractivity contribution in [1.82, 2.24) is 0 Å². The molecule has 0 aliphatic rings. The van der Waals surface area contributed by atoms with E-state index in [1.807, 2.05) is 0 Å². The second-order valence-electron chi connectivity index (χ2n) is 4.30. The molecule has 1 atom stereocenters. The number of carbonyl (C=O) groups excluding carboxylic acids is 3. The van der Waals surface area contributed by atoms with E-state index in [0.29, 0.717) is 12.4 Å². The van der Waals surface area contributed by atoms with E-state index in [9.17, 15) is 29.7 Å². The molecule has 0 amide bonds. The zero-order chi connectivity index (χ0) is 16.0. The molecule has 0 saturated heterocycles. The van der Waals surface area contributed by atoms with Crippen LogP contribution in [0.1, 0.15) is 24.8 Å². The van der Waals surface area contributed by atoms with Gasteiger partial charge in [-0.1, -0.05) is 12.1 Å². The number of carboxylic acids is 3. The minimum Gasteiger partial charge on any atom is -0.550 e. The van der Waals surface area contributed by atoms with Gasteiger partial charge < -0.3 is 34.4 Å². The molecule has 0 fully saturated rings. The summed E-state index contributed by atoms with van der Waals surface area (Å²) in [5.74, 6) is -8.32. The molecule has 0 N–H and O–H groups in total. The molecular weight excluding hydrogens is 349 g/mol. The van der Waals surface area contributed by atoms with Crippen molar-refractivity contribution in [2.75, 3.05) is 6.61 Å². The molecule has 10 heteroatoms. The molecule has 7 nitrogen and oxygen atoms in total. The largest absolute Gasteiger partial charge is 1.00 e. The van der Waals surface area contributed by atoms with Crippen molar-refractivity contribution in [2.24, 2.45) is 5.92 Å². The minimum absolute atomic E-state index is 0. The van der Waals surface area contributed by atoms with Gasteiger partial charge in [-0.25, -0.2) is 0 Å². The van der Waals surface area contributed by atoms with Gasteiger partial charge in [0.2, 0.25) is 0 Å². The molecule has 0 bridgehead atoms. The van der Waals surface area contributed by atoms with Crippen molar-refractivity contribution < 1.29 is 123 Å². The molecule has 0 aliphatic carbocycles. The van der Waals surface area contributed by atoms with Gasteiger partial charge in [0.25, 0.3) is 0 Å². The number of rotatable bonds is 8. The Labute approximate surface area is 206 Å². The Kier molecular flexibility index (Phi) is 17.7. The Morgan fingerprint density at radius 2 is 1.42 bits per heavy atom. The summed E-state index contributed by atoms with van der Waals surface area (Å²) >= 11 is 0. The maximum absolute atomic E-state index is 10.9. The third-order valence-corrected chi connectivity index (χ3v) is 2.92. The third kappa shape index (κ3) is 9.22. The number of aliphatic carboxylic acids is 3. The Hall–Kier alpha value is 0.430. The van der Waals surface area contributed by atoms with E-state index in [-0.39, 0.29) is 94.2 Å². The van der Waals surface area contributed by atoms with Crippen LogP contribution >= 0.6 is 0 Å². The third-order valence-electron chi connectivity index (χ3n) is 2.92. The van der Waals surface area contributed by atoms with Crippen LogP contribution in [0.4, 0.5) is 0 Å². The van der Waals surface area contributed by atoms with Crippen LogP contribution in [0.2, 0.25) is 0 Å². The summed E-state index contributed by atoms with van der Waals surface area (Å²) in [4.78, 5) is 32.6. The summed E-state index contributed by atoms with van der Waals surface area (Å²) in [6, 6.07) is 5.78. The predicted octanol–water partition coefficient (Wildman–Crippen LogP) is -11.6. The fraction of sp³-hybridized carbons (Fsp3) is 0.357. The molecule has 1 aromatic carbocycles. The first-order valence-corrected chi connectivity index (χ1v) is 6.21. The van der Waals surface area contributed by atoms with E-state index in [2.05, 4.69) is 0 Å². The first-order valence-electron chi connectivity index (χ1n) is 6.21. The van der Waals surface area contributed by atoms with Crippen molar-refractivity contribution in [3.8, 4) is 5.75 Å². The van der Waals surface area contributed by atoms with Crippen LogP contribution < -0.4 is 109 Å². The van der Waals surface area contributed by atoms with E-state index in [1.54, 1.807) is 6.92 Å². The van der Waals surface area contributed by atoms with E-state index in [4.69, 9.17) is 4.74 Å². The topological polar surface area (TPSA) is 130 Å². The monoisotopic (exact) mass is 362 g/mol. The van der Waals surface area contributed by atoms with E-state index in [0.717, 1.165) is 0 Å². The number of carboxylic acid groups (broad SMARTS) is 3.